The van der Waals surface area contributed by atoms with Crippen molar-refractivity contribution in [2.24, 2.45) is 0 Å². The first-order valence-electron chi connectivity index (χ1n) is 4.89. The van der Waals surface area contributed by atoms with Crippen molar-refractivity contribution in [3.05, 3.63) is 15.0 Å². The lowest BCUT2D eigenvalue weighted by Crippen LogP contribution is -2.35. The number of ketones is 1. The number of Topliss-reactive ketones (excluding diaryl/α,β-unsaturated/α-hetero) is 1. The number of carbonyl (C=O) groups excluding carboxylic acids is 2. The molecule has 0 spiro atoms. The van der Waals surface area contributed by atoms with Crippen LogP contribution in [0.4, 0.5) is 4.79 Å². The number of carbonyl (C=O) groups is 2. The van der Waals surface area contributed by atoms with Crippen LogP contribution in [0.25, 0.3) is 0 Å². The van der Waals surface area contributed by atoms with Gasteiger partial charge in [0.1, 0.15) is 10.2 Å². The maximum absolute atomic E-state index is 11.6. The Morgan fingerprint density at radius 2 is 2.18 bits per heavy atom. The molecule has 0 saturated carbocycles. The highest BCUT2D eigenvalue weighted by molar-refractivity contribution is 9.10. The summed E-state index contributed by atoms with van der Waals surface area (Å²) >= 11 is 4.38. The minimum atomic E-state index is -0.610. The SMILES string of the molecule is CC(C)(C)OC(=O)NCC(=O)c1nc(Br)cs1. The number of hydrogen-bond acceptors (Lipinski definition) is 5. The molecular weight excluding hydrogens is 308 g/mol. The molecule has 5 nitrogen and oxygen atoms in total. The number of aromatic nitrogens is 1. The van der Waals surface area contributed by atoms with Gasteiger partial charge < -0.3 is 10.1 Å². The van der Waals surface area contributed by atoms with Crippen LogP contribution in [0.15, 0.2) is 9.98 Å². The van der Waals surface area contributed by atoms with Gasteiger partial charge in [0.25, 0.3) is 0 Å². The van der Waals surface area contributed by atoms with Crippen LogP contribution < -0.4 is 5.32 Å². The van der Waals surface area contributed by atoms with Crippen LogP contribution in [-0.2, 0) is 4.74 Å². The molecule has 0 aromatic carbocycles. The Labute approximate surface area is 112 Å². The van der Waals surface area contributed by atoms with Gasteiger partial charge in [0.2, 0.25) is 5.78 Å². The lowest BCUT2D eigenvalue weighted by Gasteiger charge is -2.19. The van der Waals surface area contributed by atoms with Crippen molar-refractivity contribution in [2.75, 3.05) is 6.54 Å². The fourth-order valence-corrected chi connectivity index (χ4v) is 2.12. The summed E-state index contributed by atoms with van der Waals surface area (Å²) in [6.45, 7) is 5.15. The summed E-state index contributed by atoms with van der Waals surface area (Å²) in [5.41, 5.74) is -0.572. The molecule has 0 atom stereocenters. The normalized spacial score (nSPS) is 11.1. The van der Waals surface area contributed by atoms with Crippen molar-refractivity contribution in [1.82, 2.24) is 10.3 Å². The Balaban J connectivity index is 2.41. The van der Waals surface area contributed by atoms with Gasteiger partial charge in [0.05, 0.1) is 6.54 Å². The first kappa shape index (κ1) is 14.1. The topological polar surface area (TPSA) is 68.3 Å². The fraction of sp³-hybridized carbons (Fsp3) is 0.500. The smallest absolute Gasteiger partial charge is 0.408 e. The molecule has 1 aromatic rings. The summed E-state index contributed by atoms with van der Waals surface area (Å²) in [5.74, 6) is -0.244. The monoisotopic (exact) mass is 320 g/mol. The molecule has 1 amide bonds. The van der Waals surface area contributed by atoms with Crippen molar-refractivity contribution in [1.29, 1.82) is 0 Å². The number of alkyl carbamates (subject to hydrolysis) is 1. The molecule has 94 valence electrons. The fourth-order valence-electron chi connectivity index (χ4n) is 0.924. The van der Waals surface area contributed by atoms with E-state index in [0.717, 1.165) is 0 Å². The molecule has 1 N–H and O–H groups in total. The Kier molecular flexibility index (Phi) is 4.64. The number of rotatable bonds is 3. The second-order valence-corrected chi connectivity index (χ2v) is 5.92. The highest BCUT2D eigenvalue weighted by Crippen LogP contribution is 2.15. The van der Waals surface area contributed by atoms with Crippen LogP contribution >= 0.6 is 27.3 Å². The number of nitrogens with zero attached hydrogens (tertiary/aromatic N) is 1. The Morgan fingerprint density at radius 3 is 2.65 bits per heavy atom. The van der Waals surface area contributed by atoms with Gasteiger partial charge in [0, 0.05) is 5.38 Å². The highest BCUT2D eigenvalue weighted by atomic mass is 79.9. The van der Waals surface area contributed by atoms with E-state index in [1.807, 2.05) is 0 Å². The lowest BCUT2D eigenvalue weighted by molar-refractivity contribution is 0.0520. The minimum Gasteiger partial charge on any atom is -0.444 e. The summed E-state index contributed by atoms with van der Waals surface area (Å²) in [6.07, 6.45) is -0.610. The van der Waals surface area contributed by atoms with Gasteiger partial charge in [-0.05, 0) is 36.7 Å². The number of hydrogen-bond donors (Lipinski definition) is 1. The van der Waals surface area contributed by atoms with Gasteiger partial charge in [-0.25, -0.2) is 9.78 Å². The zero-order valence-electron chi connectivity index (χ0n) is 9.74. The predicted octanol–water partition coefficient (Wildman–Crippen LogP) is 2.61. The summed E-state index contributed by atoms with van der Waals surface area (Å²) in [5, 5.41) is 4.45. The Hall–Kier alpha value is -0.950. The average molecular weight is 321 g/mol. The molecule has 17 heavy (non-hydrogen) atoms. The summed E-state index contributed by atoms with van der Waals surface area (Å²) in [7, 11) is 0. The van der Waals surface area contributed by atoms with Gasteiger partial charge >= 0.3 is 6.09 Å². The number of nitrogens with one attached hydrogen (secondary N) is 1. The van der Waals surface area contributed by atoms with Gasteiger partial charge in [0.15, 0.2) is 5.01 Å². The third-order valence-electron chi connectivity index (χ3n) is 1.51. The molecule has 1 rings (SSSR count). The van der Waals surface area contributed by atoms with Crippen LogP contribution in [0.5, 0.6) is 0 Å². The maximum atomic E-state index is 11.6. The van der Waals surface area contributed by atoms with Crippen molar-refractivity contribution in [3.63, 3.8) is 0 Å². The zero-order valence-corrected chi connectivity index (χ0v) is 12.1. The van der Waals surface area contributed by atoms with Crippen molar-refractivity contribution in [2.45, 2.75) is 26.4 Å². The molecule has 0 radical (unpaired) electrons. The number of halogens is 1. The molecule has 0 fully saturated rings. The molecule has 1 aromatic heterocycles. The average Bonchev–Trinajstić information content (AvgIpc) is 2.58. The molecule has 7 heteroatoms. The third-order valence-corrected chi connectivity index (χ3v) is 3.10. The molecule has 0 aliphatic rings. The maximum Gasteiger partial charge on any atom is 0.408 e. The van der Waals surface area contributed by atoms with Crippen LogP contribution in [0.1, 0.15) is 30.6 Å². The van der Waals surface area contributed by atoms with Crippen molar-refractivity contribution >= 4 is 39.1 Å². The molecule has 0 unspecified atom stereocenters. The molecule has 0 aliphatic heterocycles. The number of amides is 1. The van der Waals surface area contributed by atoms with E-state index in [0.29, 0.717) is 9.61 Å². The van der Waals surface area contributed by atoms with E-state index in [-0.39, 0.29) is 12.3 Å². The van der Waals surface area contributed by atoms with Gasteiger partial charge in [-0.1, -0.05) is 0 Å². The third kappa shape index (κ3) is 5.27. The highest BCUT2D eigenvalue weighted by Gasteiger charge is 2.17. The second kappa shape index (κ2) is 5.59. The van der Waals surface area contributed by atoms with Crippen molar-refractivity contribution < 1.29 is 14.3 Å². The predicted molar refractivity (Wildman–Crippen MR) is 68.4 cm³/mol. The van der Waals surface area contributed by atoms with E-state index in [2.05, 4.69) is 26.2 Å². The molecule has 0 bridgehead atoms. The van der Waals surface area contributed by atoms with E-state index in [1.54, 1.807) is 26.2 Å². The molecule has 0 saturated heterocycles. The zero-order chi connectivity index (χ0) is 13.1. The first-order chi connectivity index (χ1) is 7.78. The minimum absolute atomic E-state index is 0.116. The van der Waals surface area contributed by atoms with Crippen molar-refractivity contribution in [3.8, 4) is 0 Å². The van der Waals surface area contributed by atoms with Crippen LogP contribution in [-0.4, -0.2) is 29.0 Å². The molecule has 0 aliphatic carbocycles. The summed E-state index contributed by atoms with van der Waals surface area (Å²) in [4.78, 5) is 26.8. The standard InChI is InChI=1S/C10H13BrN2O3S/c1-10(2,3)16-9(15)12-4-6(14)8-13-7(11)5-17-8/h5H,4H2,1-3H3,(H,12,15). The number of ether oxygens (including phenoxy) is 1. The van der Waals surface area contributed by atoms with Crippen LogP contribution in [0, 0.1) is 0 Å². The quantitative estimate of drug-likeness (QED) is 0.869. The largest absolute Gasteiger partial charge is 0.444 e. The van der Waals surface area contributed by atoms with E-state index < -0.39 is 11.7 Å². The van der Waals surface area contributed by atoms with E-state index in [9.17, 15) is 9.59 Å². The second-order valence-electron chi connectivity index (χ2n) is 4.25. The summed E-state index contributed by atoms with van der Waals surface area (Å²) < 4.78 is 5.61. The molecule has 1 heterocycles. The number of thiazole rings is 1. The Bertz CT molecular complexity index is 425. The van der Waals surface area contributed by atoms with E-state index in [1.165, 1.54) is 11.3 Å². The Morgan fingerprint density at radius 1 is 1.53 bits per heavy atom. The van der Waals surface area contributed by atoms with Gasteiger partial charge in [-0.2, -0.15) is 0 Å². The summed E-state index contributed by atoms with van der Waals surface area (Å²) in [6, 6.07) is 0. The lowest BCUT2D eigenvalue weighted by atomic mass is 10.2. The van der Waals surface area contributed by atoms with E-state index in [4.69, 9.17) is 4.74 Å². The molecular formula is C10H13BrN2O3S. The first-order valence-corrected chi connectivity index (χ1v) is 6.56. The van der Waals surface area contributed by atoms with Gasteiger partial charge in [-0.3, -0.25) is 4.79 Å². The van der Waals surface area contributed by atoms with E-state index >= 15 is 0 Å². The van der Waals surface area contributed by atoms with Crippen LogP contribution in [0.2, 0.25) is 0 Å². The van der Waals surface area contributed by atoms with Gasteiger partial charge in [-0.15, -0.1) is 11.3 Å². The van der Waals surface area contributed by atoms with Crippen LogP contribution in [0.3, 0.4) is 0 Å².